The lowest BCUT2D eigenvalue weighted by Gasteiger charge is -2.11. The number of rotatable bonds is 4. The van der Waals surface area contributed by atoms with E-state index in [2.05, 4.69) is 25.9 Å². The Labute approximate surface area is 107 Å². The highest BCUT2D eigenvalue weighted by molar-refractivity contribution is 5.88. The average Bonchev–Trinajstić information content (AvgIpc) is 2.85. The van der Waals surface area contributed by atoms with Crippen LogP contribution >= 0.6 is 0 Å². The molecule has 0 aromatic carbocycles. The summed E-state index contributed by atoms with van der Waals surface area (Å²) in [6.07, 6.45) is 1.48. The molecule has 0 saturated heterocycles. The minimum atomic E-state index is -0.338. The van der Waals surface area contributed by atoms with Gasteiger partial charge >= 0.3 is 0 Å². The maximum Gasteiger partial charge on any atom is 0.269 e. The lowest BCUT2D eigenvalue weighted by molar-refractivity contribution is -0.116. The highest BCUT2D eigenvalue weighted by Crippen LogP contribution is 2.06. The Morgan fingerprint density at radius 1 is 1.58 bits per heavy atom. The first-order chi connectivity index (χ1) is 9.10. The molecule has 100 valence electrons. The molecule has 0 saturated carbocycles. The molecular formula is C10H12N6O3. The molecule has 9 nitrogen and oxygen atoms in total. The number of hydrogen-bond acceptors (Lipinski definition) is 6. The van der Waals surface area contributed by atoms with Crippen LogP contribution in [0.4, 0.5) is 5.95 Å². The van der Waals surface area contributed by atoms with E-state index in [-0.39, 0.29) is 29.6 Å². The van der Waals surface area contributed by atoms with Crippen LogP contribution in [0.1, 0.15) is 5.69 Å². The largest absolute Gasteiger partial charge is 0.491 e. The third-order valence-corrected chi connectivity index (χ3v) is 2.44. The fourth-order valence-electron chi connectivity index (χ4n) is 1.51. The van der Waals surface area contributed by atoms with E-state index in [1.165, 1.54) is 19.4 Å². The quantitative estimate of drug-likeness (QED) is 0.755. The number of pyridine rings is 1. The molecular weight excluding hydrogens is 252 g/mol. The van der Waals surface area contributed by atoms with E-state index in [1.807, 2.05) is 0 Å². The van der Waals surface area contributed by atoms with Crippen LogP contribution in [0.3, 0.4) is 0 Å². The van der Waals surface area contributed by atoms with Gasteiger partial charge in [-0.15, -0.1) is 5.10 Å². The van der Waals surface area contributed by atoms with Crippen molar-refractivity contribution in [1.82, 2.24) is 25.2 Å². The van der Waals surface area contributed by atoms with E-state index >= 15 is 0 Å². The Balaban J connectivity index is 2.14. The molecule has 2 rings (SSSR count). The van der Waals surface area contributed by atoms with Gasteiger partial charge in [0.15, 0.2) is 5.75 Å². The summed E-state index contributed by atoms with van der Waals surface area (Å²) in [6.45, 7) is 1.74. The molecule has 9 heteroatoms. The molecule has 0 aliphatic rings. The van der Waals surface area contributed by atoms with Crippen LogP contribution in [0.2, 0.25) is 0 Å². The number of aromatic nitrogens is 5. The molecule has 2 heterocycles. The van der Waals surface area contributed by atoms with Crippen molar-refractivity contribution < 1.29 is 9.53 Å². The van der Waals surface area contributed by atoms with E-state index in [0.717, 1.165) is 0 Å². The van der Waals surface area contributed by atoms with Crippen LogP contribution in [0.5, 0.6) is 5.75 Å². The second-order valence-electron chi connectivity index (χ2n) is 3.76. The number of amides is 1. The van der Waals surface area contributed by atoms with Crippen LogP contribution in [-0.2, 0) is 11.3 Å². The van der Waals surface area contributed by atoms with E-state index in [0.29, 0.717) is 5.69 Å². The molecule has 2 aromatic heterocycles. The van der Waals surface area contributed by atoms with Crippen molar-refractivity contribution in [2.75, 3.05) is 12.4 Å². The number of methoxy groups -OCH3 is 1. The SMILES string of the molecule is COc1cn(CC(=O)Nc2nn[nH]n2)c(C)cc1=O. The maximum atomic E-state index is 11.7. The Bertz CT molecular complexity index is 633. The van der Waals surface area contributed by atoms with Crippen LogP contribution in [0.15, 0.2) is 17.1 Å². The molecule has 2 aromatic rings. The van der Waals surface area contributed by atoms with Gasteiger partial charge in [0.05, 0.1) is 13.3 Å². The number of ether oxygens (including phenoxy) is 1. The average molecular weight is 264 g/mol. The zero-order valence-corrected chi connectivity index (χ0v) is 10.4. The van der Waals surface area contributed by atoms with Crippen molar-refractivity contribution in [3.63, 3.8) is 0 Å². The number of tetrazole rings is 1. The summed E-state index contributed by atoms with van der Waals surface area (Å²) in [7, 11) is 1.40. The Morgan fingerprint density at radius 2 is 2.37 bits per heavy atom. The highest BCUT2D eigenvalue weighted by Gasteiger charge is 2.09. The van der Waals surface area contributed by atoms with Crippen LogP contribution in [-0.4, -0.2) is 38.2 Å². The summed E-state index contributed by atoms with van der Waals surface area (Å²) >= 11 is 0. The number of nitrogens with one attached hydrogen (secondary N) is 2. The predicted octanol–water partition coefficient (Wildman–Crippen LogP) is -0.683. The van der Waals surface area contributed by atoms with Crippen molar-refractivity contribution in [1.29, 1.82) is 0 Å². The second kappa shape index (κ2) is 5.29. The number of anilines is 1. The molecule has 19 heavy (non-hydrogen) atoms. The van der Waals surface area contributed by atoms with E-state index in [9.17, 15) is 9.59 Å². The molecule has 0 aliphatic carbocycles. The third kappa shape index (κ3) is 2.94. The fraction of sp³-hybridized carbons (Fsp3) is 0.300. The molecule has 0 aliphatic heterocycles. The Morgan fingerprint density at radius 3 is 3.00 bits per heavy atom. The number of aryl methyl sites for hydroxylation is 1. The normalized spacial score (nSPS) is 10.2. The summed E-state index contributed by atoms with van der Waals surface area (Å²) in [5.41, 5.74) is 0.420. The lowest BCUT2D eigenvalue weighted by Crippen LogP contribution is -2.22. The highest BCUT2D eigenvalue weighted by atomic mass is 16.5. The van der Waals surface area contributed by atoms with E-state index < -0.39 is 0 Å². The van der Waals surface area contributed by atoms with Gasteiger partial charge < -0.3 is 9.30 Å². The number of carbonyl (C=O) groups is 1. The minimum Gasteiger partial charge on any atom is -0.491 e. The van der Waals surface area contributed by atoms with Crippen LogP contribution in [0, 0.1) is 6.92 Å². The molecule has 1 amide bonds. The fourth-order valence-corrected chi connectivity index (χ4v) is 1.51. The first-order valence-electron chi connectivity index (χ1n) is 5.38. The zero-order valence-electron chi connectivity index (χ0n) is 10.4. The summed E-state index contributed by atoms with van der Waals surface area (Å²) in [4.78, 5) is 23.2. The van der Waals surface area contributed by atoms with Gasteiger partial charge in [0.1, 0.15) is 6.54 Å². The van der Waals surface area contributed by atoms with Gasteiger partial charge in [0, 0.05) is 11.8 Å². The summed E-state index contributed by atoms with van der Waals surface area (Å²) in [6, 6.07) is 1.40. The molecule has 0 unspecified atom stereocenters. The van der Waals surface area contributed by atoms with Crippen molar-refractivity contribution in [2.45, 2.75) is 13.5 Å². The van der Waals surface area contributed by atoms with Gasteiger partial charge in [-0.05, 0) is 12.1 Å². The lowest BCUT2D eigenvalue weighted by atomic mass is 10.3. The topological polar surface area (TPSA) is 115 Å². The second-order valence-corrected chi connectivity index (χ2v) is 3.76. The molecule has 0 spiro atoms. The van der Waals surface area contributed by atoms with Crippen molar-refractivity contribution in [3.05, 3.63) is 28.2 Å². The standard InChI is InChI=1S/C10H12N6O3/c1-6-3-7(17)8(19-2)4-16(6)5-9(18)11-10-12-14-15-13-10/h3-4H,5H2,1-2H3,(H2,11,12,13,14,15,18). The molecule has 2 N–H and O–H groups in total. The van der Waals surface area contributed by atoms with E-state index in [4.69, 9.17) is 4.74 Å². The van der Waals surface area contributed by atoms with Crippen molar-refractivity contribution in [2.24, 2.45) is 0 Å². The van der Waals surface area contributed by atoms with Crippen molar-refractivity contribution in [3.8, 4) is 5.75 Å². The number of carbonyl (C=O) groups excluding carboxylic acids is 1. The van der Waals surface area contributed by atoms with E-state index in [1.54, 1.807) is 11.5 Å². The summed E-state index contributed by atoms with van der Waals surface area (Å²) < 4.78 is 6.52. The third-order valence-electron chi connectivity index (χ3n) is 2.44. The van der Waals surface area contributed by atoms with Gasteiger partial charge in [-0.3, -0.25) is 14.9 Å². The maximum absolute atomic E-state index is 11.7. The van der Waals surface area contributed by atoms with Gasteiger partial charge in [-0.25, -0.2) is 0 Å². The number of aromatic amines is 1. The zero-order chi connectivity index (χ0) is 13.8. The minimum absolute atomic E-state index is 0.0109. The summed E-state index contributed by atoms with van der Waals surface area (Å²) in [5.74, 6) is -0.0659. The smallest absolute Gasteiger partial charge is 0.269 e. The molecule has 0 bridgehead atoms. The molecule has 0 atom stereocenters. The Kier molecular flexibility index (Phi) is 3.55. The van der Waals surface area contributed by atoms with Crippen LogP contribution < -0.4 is 15.5 Å². The molecule has 0 radical (unpaired) electrons. The van der Waals surface area contributed by atoms with Gasteiger partial charge in [0.2, 0.25) is 11.3 Å². The first kappa shape index (κ1) is 12.7. The number of H-pyrrole nitrogens is 1. The van der Waals surface area contributed by atoms with Gasteiger partial charge in [-0.2, -0.15) is 5.21 Å². The van der Waals surface area contributed by atoms with Crippen molar-refractivity contribution >= 4 is 11.9 Å². The first-order valence-corrected chi connectivity index (χ1v) is 5.38. The molecule has 0 fully saturated rings. The summed E-state index contributed by atoms with van der Waals surface area (Å²) in [5, 5.41) is 15.2. The van der Waals surface area contributed by atoms with Crippen LogP contribution in [0.25, 0.3) is 0 Å². The predicted molar refractivity (Wildman–Crippen MR) is 64.8 cm³/mol. The monoisotopic (exact) mass is 264 g/mol. The number of nitrogens with zero attached hydrogens (tertiary/aromatic N) is 4. The number of hydrogen-bond donors (Lipinski definition) is 2. The Hall–Kier alpha value is -2.71. The van der Waals surface area contributed by atoms with Gasteiger partial charge in [-0.1, -0.05) is 5.10 Å². The van der Waals surface area contributed by atoms with Gasteiger partial charge in [0.25, 0.3) is 5.95 Å².